The van der Waals surface area contributed by atoms with E-state index in [1.54, 1.807) is 6.20 Å². The van der Waals surface area contributed by atoms with Gasteiger partial charge in [0, 0.05) is 44.1 Å². The summed E-state index contributed by atoms with van der Waals surface area (Å²) in [7, 11) is 0. The number of fused-ring (bicyclic) bond motifs is 2. The second kappa shape index (κ2) is 5.45. The third kappa shape index (κ3) is 2.22. The summed E-state index contributed by atoms with van der Waals surface area (Å²) in [6, 6.07) is 8.36. The van der Waals surface area contributed by atoms with Crippen LogP contribution in [0, 0.1) is 17.2 Å². The molecular formula is C18H17N7. The zero-order chi connectivity index (χ0) is 16.8. The second-order valence-corrected chi connectivity index (χ2v) is 6.64. The first-order valence-electron chi connectivity index (χ1n) is 8.49. The lowest BCUT2D eigenvalue weighted by atomic mass is 10.1. The van der Waals surface area contributed by atoms with E-state index in [1.165, 1.54) is 0 Å². The van der Waals surface area contributed by atoms with E-state index in [1.807, 2.05) is 41.3 Å². The van der Waals surface area contributed by atoms with Crippen molar-refractivity contribution in [1.82, 2.24) is 19.6 Å². The van der Waals surface area contributed by atoms with Crippen molar-refractivity contribution in [3.05, 3.63) is 48.5 Å². The zero-order valence-corrected chi connectivity index (χ0v) is 13.7. The molecule has 0 radical (unpaired) electrons. The Kier molecular flexibility index (Phi) is 3.10. The van der Waals surface area contributed by atoms with Crippen LogP contribution in [-0.4, -0.2) is 45.3 Å². The molecule has 0 amide bonds. The molecule has 2 aliphatic rings. The van der Waals surface area contributed by atoms with Gasteiger partial charge in [0.2, 0.25) is 0 Å². The largest absolute Gasteiger partial charge is 0.354 e. The molecule has 5 heterocycles. The van der Waals surface area contributed by atoms with Crippen LogP contribution < -0.4 is 9.80 Å². The minimum absolute atomic E-state index is 0.436. The van der Waals surface area contributed by atoms with Gasteiger partial charge in [-0.2, -0.15) is 10.4 Å². The quantitative estimate of drug-likeness (QED) is 0.712. The van der Waals surface area contributed by atoms with Crippen LogP contribution in [0.25, 0.3) is 5.52 Å². The fourth-order valence-electron chi connectivity index (χ4n) is 4.12. The Morgan fingerprint density at radius 1 is 1.12 bits per heavy atom. The van der Waals surface area contributed by atoms with E-state index in [0.717, 1.165) is 43.2 Å². The second-order valence-electron chi connectivity index (χ2n) is 6.64. The molecule has 124 valence electrons. The Labute approximate surface area is 145 Å². The Hall–Kier alpha value is -3.14. The normalized spacial score (nSPS) is 22.4. The first-order chi connectivity index (χ1) is 12.3. The SMILES string of the molecule is N#Cc1ccc(N2CC3CCN(c4nccn5nccc45)C3C2)nc1. The molecule has 2 fully saturated rings. The highest BCUT2D eigenvalue weighted by Gasteiger charge is 2.42. The lowest BCUT2D eigenvalue weighted by molar-refractivity contribution is 0.580. The maximum absolute atomic E-state index is 8.93. The molecule has 2 aliphatic heterocycles. The molecule has 5 rings (SSSR count). The van der Waals surface area contributed by atoms with Crippen LogP contribution in [-0.2, 0) is 0 Å². The molecule has 0 saturated carbocycles. The highest BCUT2D eigenvalue weighted by molar-refractivity contribution is 5.69. The topological polar surface area (TPSA) is 73.4 Å². The van der Waals surface area contributed by atoms with Gasteiger partial charge in [0.1, 0.15) is 17.4 Å². The number of aromatic nitrogens is 4. The first-order valence-corrected chi connectivity index (χ1v) is 8.49. The summed E-state index contributed by atoms with van der Waals surface area (Å²) >= 11 is 0. The summed E-state index contributed by atoms with van der Waals surface area (Å²) in [5.41, 5.74) is 1.65. The minimum atomic E-state index is 0.436. The highest BCUT2D eigenvalue weighted by atomic mass is 15.3. The predicted molar refractivity (Wildman–Crippen MR) is 93.4 cm³/mol. The Bertz CT molecular complexity index is 955. The van der Waals surface area contributed by atoms with Crippen molar-refractivity contribution >= 4 is 17.2 Å². The van der Waals surface area contributed by atoms with Crippen LogP contribution in [0.15, 0.2) is 43.0 Å². The van der Waals surface area contributed by atoms with Gasteiger partial charge in [-0.3, -0.25) is 0 Å². The number of pyridine rings is 1. The smallest absolute Gasteiger partial charge is 0.155 e. The van der Waals surface area contributed by atoms with E-state index in [2.05, 4.69) is 30.9 Å². The van der Waals surface area contributed by atoms with Crippen molar-refractivity contribution in [2.75, 3.05) is 29.4 Å². The summed E-state index contributed by atoms with van der Waals surface area (Å²) < 4.78 is 1.88. The van der Waals surface area contributed by atoms with Crippen molar-refractivity contribution in [2.24, 2.45) is 5.92 Å². The van der Waals surface area contributed by atoms with Crippen molar-refractivity contribution in [3.8, 4) is 6.07 Å². The van der Waals surface area contributed by atoms with Gasteiger partial charge >= 0.3 is 0 Å². The summed E-state index contributed by atoms with van der Waals surface area (Å²) in [5.74, 6) is 2.58. The summed E-state index contributed by atoms with van der Waals surface area (Å²) in [4.78, 5) is 13.8. The molecule has 0 aliphatic carbocycles. The Morgan fingerprint density at radius 3 is 2.92 bits per heavy atom. The predicted octanol–water partition coefficient (Wildman–Crippen LogP) is 1.71. The fraction of sp³-hybridized carbons (Fsp3) is 0.333. The molecule has 7 nitrogen and oxygen atoms in total. The molecule has 3 aromatic rings. The number of hydrogen-bond acceptors (Lipinski definition) is 6. The number of nitriles is 1. The van der Waals surface area contributed by atoms with E-state index < -0.39 is 0 Å². The minimum Gasteiger partial charge on any atom is -0.354 e. The molecule has 2 saturated heterocycles. The van der Waals surface area contributed by atoms with E-state index in [9.17, 15) is 0 Å². The van der Waals surface area contributed by atoms with Crippen molar-refractivity contribution in [2.45, 2.75) is 12.5 Å². The van der Waals surface area contributed by atoms with Crippen LogP contribution in [0.4, 0.5) is 11.6 Å². The van der Waals surface area contributed by atoms with Crippen molar-refractivity contribution in [1.29, 1.82) is 5.26 Å². The zero-order valence-electron chi connectivity index (χ0n) is 13.7. The van der Waals surface area contributed by atoms with Crippen LogP contribution in [0.1, 0.15) is 12.0 Å². The molecule has 0 N–H and O–H groups in total. The van der Waals surface area contributed by atoms with Gasteiger partial charge in [0.15, 0.2) is 5.82 Å². The van der Waals surface area contributed by atoms with Crippen LogP contribution >= 0.6 is 0 Å². The van der Waals surface area contributed by atoms with E-state index in [-0.39, 0.29) is 0 Å². The summed E-state index contributed by atoms with van der Waals surface area (Å²) in [6.45, 7) is 2.96. The maximum Gasteiger partial charge on any atom is 0.155 e. The van der Waals surface area contributed by atoms with Gasteiger partial charge in [0.25, 0.3) is 0 Å². The fourth-order valence-corrected chi connectivity index (χ4v) is 4.12. The molecular weight excluding hydrogens is 314 g/mol. The van der Waals surface area contributed by atoms with Gasteiger partial charge in [-0.1, -0.05) is 0 Å². The van der Waals surface area contributed by atoms with Crippen molar-refractivity contribution in [3.63, 3.8) is 0 Å². The van der Waals surface area contributed by atoms with Gasteiger partial charge in [-0.25, -0.2) is 14.5 Å². The van der Waals surface area contributed by atoms with E-state index >= 15 is 0 Å². The lowest BCUT2D eigenvalue weighted by Crippen LogP contribution is -2.36. The number of nitrogens with zero attached hydrogens (tertiary/aromatic N) is 7. The summed E-state index contributed by atoms with van der Waals surface area (Å²) in [6.07, 6.45) is 8.32. The molecule has 7 heteroatoms. The molecule has 3 aromatic heterocycles. The van der Waals surface area contributed by atoms with Gasteiger partial charge in [-0.05, 0) is 24.6 Å². The molecule has 0 aromatic carbocycles. The van der Waals surface area contributed by atoms with Gasteiger partial charge in [0.05, 0.1) is 17.8 Å². The molecule has 0 bridgehead atoms. The Morgan fingerprint density at radius 2 is 2.08 bits per heavy atom. The molecule has 2 unspecified atom stereocenters. The number of anilines is 2. The highest BCUT2D eigenvalue weighted by Crippen LogP contribution is 2.37. The number of rotatable bonds is 2. The molecule has 2 atom stereocenters. The van der Waals surface area contributed by atoms with Gasteiger partial charge in [-0.15, -0.1) is 0 Å². The third-order valence-corrected chi connectivity index (χ3v) is 5.32. The number of hydrogen-bond donors (Lipinski definition) is 0. The maximum atomic E-state index is 8.93. The van der Waals surface area contributed by atoms with E-state index in [4.69, 9.17) is 5.26 Å². The van der Waals surface area contributed by atoms with Crippen LogP contribution in [0.2, 0.25) is 0 Å². The van der Waals surface area contributed by atoms with Crippen LogP contribution in [0.3, 0.4) is 0 Å². The monoisotopic (exact) mass is 331 g/mol. The van der Waals surface area contributed by atoms with Crippen LogP contribution in [0.5, 0.6) is 0 Å². The first kappa shape index (κ1) is 14.2. The third-order valence-electron chi connectivity index (χ3n) is 5.32. The standard InChI is InChI=1S/C18H17N7/c19-9-13-1-2-17(21-10-13)23-11-14-4-7-24(16(14)12-23)18-15-3-5-22-25(15)8-6-20-18/h1-3,5-6,8,10,14,16H,4,7,11-12H2. The average Bonchev–Trinajstić information content (AvgIpc) is 3.36. The van der Waals surface area contributed by atoms with Gasteiger partial charge < -0.3 is 9.80 Å². The molecule has 0 spiro atoms. The molecule has 25 heavy (non-hydrogen) atoms. The van der Waals surface area contributed by atoms with E-state index in [0.29, 0.717) is 17.5 Å². The summed E-state index contributed by atoms with van der Waals surface area (Å²) in [5, 5.41) is 13.2. The Balaban J connectivity index is 1.43. The lowest BCUT2D eigenvalue weighted by Gasteiger charge is -2.26. The van der Waals surface area contributed by atoms with Crippen molar-refractivity contribution < 1.29 is 0 Å². The average molecular weight is 331 g/mol.